The van der Waals surface area contributed by atoms with Crippen LogP contribution >= 0.6 is 36.0 Å². The van der Waals surface area contributed by atoms with Gasteiger partial charge in [-0.2, -0.15) is 0 Å². The molecular weight excluding hydrogens is 500 g/mol. The highest BCUT2D eigenvalue weighted by Crippen LogP contribution is 2.35. The molecule has 0 aliphatic carbocycles. The number of para-hydroxylation sites is 1. The Kier molecular flexibility index (Phi) is 9.17. The van der Waals surface area contributed by atoms with Crippen molar-refractivity contribution in [2.24, 2.45) is 0 Å². The Morgan fingerprint density at radius 2 is 1.57 bits per heavy atom. The van der Waals surface area contributed by atoms with E-state index in [1.807, 2.05) is 71.6 Å². The third-order valence-electron chi connectivity index (χ3n) is 5.52. The van der Waals surface area contributed by atoms with Crippen LogP contribution in [0.15, 0.2) is 72.8 Å². The van der Waals surface area contributed by atoms with Crippen LogP contribution in [0.25, 0.3) is 0 Å². The van der Waals surface area contributed by atoms with Gasteiger partial charge >= 0.3 is 0 Å². The van der Waals surface area contributed by atoms with Gasteiger partial charge in [-0.15, -0.1) is 0 Å². The van der Waals surface area contributed by atoms with Crippen LogP contribution in [0.4, 0.5) is 5.69 Å². The van der Waals surface area contributed by atoms with Crippen molar-refractivity contribution in [1.29, 1.82) is 0 Å². The van der Waals surface area contributed by atoms with Crippen LogP contribution in [0.3, 0.4) is 0 Å². The van der Waals surface area contributed by atoms with Gasteiger partial charge in [-0.1, -0.05) is 35.9 Å². The molecule has 0 amide bonds. The number of unbranched alkanes of at least 4 members (excludes halogenated alkanes) is 2. The molecule has 3 aromatic carbocycles. The molecule has 0 radical (unpaired) electrons. The van der Waals surface area contributed by atoms with E-state index >= 15 is 0 Å². The minimum absolute atomic E-state index is 0.224. The SMILES string of the molecule is S=C(NC(=S)N1CCc2c(OCCCCCOc3ccc(Cl)cc3)cccc21)Oc1ccccc1. The van der Waals surface area contributed by atoms with Crippen LogP contribution in [-0.2, 0) is 6.42 Å². The third kappa shape index (κ3) is 7.31. The molecule has 35 heavy (non-hydrogen) atoms. The Morgan fingerprint density at radius 3 is 2.34 bits per heavy atom. The molecule has 0 saturated carbocycles. The van der Waals surface area contributed by atoms with Gasteiger partial charge in [-0.25, -0.2) is 0 Å². The molecule has 0 saturated heterocycles. The monoisotopic (exact) mass is 526 g/mol. The van der Waals surface area contributed by atoms with Crippen molar-refractivity contribution in [1.82, 2.24) is 5.32 Å². The summed E-state index contributed by atoms with van der Waals surface area (Å²) in [5, 5.41) is 4.48. The molecule has 1 aliphatic heterocycles. The molecule has 0 atom stereocenters. The predicted molar refractivity (Wildman–Crippen MR) is 149 cm³/mol. The maximum Gasteiger partial charge on any atom is 0.268 e. The molecule has 1 heterocycles. The van der Waals surface area contributed by atoms with Crippen molar-refractivity contribution in [3.8, 4) is 17.2 Å². The van der Waals surface area contributed by atoms with Gasteiger partial charge in [0.05, 0.1) is 18.9 Å². The number of ether oxygens (including phenoxy) is 3. The first kappa shape index (κ1) is 25.2. The maximum atomic E-state index is 6.12. The summed E-state index contributed by atoms with van der Waals surface area (Å²) in [6.07, 6.45) is 3.82. The first-order chi connectivity index (χ1) is 17.1. The normalized spacial score (nSPS) is 12.1. The van der Waals surface area contributed by atoms with Gasteiger partial charge < -0.3 is 19.1 Å². The number of hydrogen-bond donors (Lipinski definition) is 1. The topological polar surface area (TPSA) is 43.0 Å². The number of nitrogens with zero attached hydrogens (tertiary/aromatic N) is 1. The number of anilines is 1. The lowest BCUT2D eigenvalue weighted by Crippen LogP contribution is -2.43. The molecule has 0 aromatic heterocycles. The van der Waals surface area contributed by atoms with Crippen LogP contribution in [0, 0.1) is 0 Å². The molecule has 8 heteroatoms. The summed E-state index contributed by atoms with van der Waals surface area (Å²) in [6, 6.07) is 22.9. The second kappa shape index (κ2) is 12.7. The molecule has 4 rings (SSSR count). The summed E-state index contributed by atoms with van der Waals surface area (Å²) in [5.74, 6) is 2.42. The number of fused-ring (bicyclic) bond motifs is 1. The third-order valence-corrected chi connectivity index (χ3v) is 6.28. The van der Waals surface area contributed by atoms with E-state index in [4.69, 9.17) is 50.2 Å². The van der Waals surface area contributed by atoms with Crippen molar-refractivity contribution in [2.45, 2.75) is 25.7 Å². The van der Waals surface area contributed by atoms with E-state index in [-0.39, 0.29) is 5.17 Å². The van der Waals surface area contributed by atoms with Crippen LogP contribution < -0.4 is 24.4 Å². The Hall–Kier alpha value is -2.87. The lowest BCUT2D eigenvalue weighted by molar-refractivity contribution is 0.278. The van der Waals surface area contributed by atoms with Crippen LogP contribution in [0.1, 0.15) is 24.8 Å². The number of rotatable bonds is 9. The van der Waals surface area contributed by atoms with Gasteiger partial charge in [-0.3, -0.25) is 5.32 Å². The quantitative estimate of drug-likeness (QED) is 0.250. The second-order valence-electron chi connectivity index (χ2n) is 8.00. The zero-order valence-corrected chi connectivity index (χ0v) is 21.6. The zero-order valence-electron chi connectivity index (χ0n) is 19.2. The lowest BCUT2D eigenvalue weighted by Gasteiger charge is -2.21. The fraction of sp³-hybridized carbons (Fsp3) is 0.259. The molecule has 1 aliphatic rings. The average molecular weight is 527 g/mol. The summed E-state index contributed by atoms with van der Waals surface area (Å²) >= 11 is 16.8. The molecule has 0 bridgehead atoms. The van der Waals surface area contributed by atoms with E-state index < -0.39 is 0 Å². The van der Waals surface area contributed by atoms with Crippen molar-refractivity contribution in [3.05, 3.63) is 83.4 Å². The van der Waals surface area contributed by atoms with Crippen molar-refractivity contribution in [3.63, 3.8) is 0 Å². The van der Waals surface area contributed by atoms with Gasteiger partial charge in [0.25, 0.3) is 5.17 Å². The highest BCUT2D eigenvalue weighted by atomic mass is 35.5. The summed E-state index contributed by atoms with van der Waals surface area (Å²) in [6.45, 7) is 2.10. The van der Waals surface area contributed by atoms with Gasteiger partial charge in [0.15, 0.2) is 5.11 Å². The first-order valence-electron chi connectivity index (χ1n) is 11.6. The van der Waals surface area contributed by atoms with Crippen molar-refractivity contribution in [2.75, 3.05) is 24.7 Å². The second-order valence-corrected chi connectivity index (χ2v) is 9.19. The highest BCUT2D eigenvalue weighted by molar-refractivity contribution is 7.81. The first-order valence-corrected chi connectivity index (χ1v) is 12.8. The number of nitrogens with one attached hydrogen (secondary N) is 1. The van der Waals surface area contributed by atoms with E-state index in [1.165, 1.54) is 0 Å². The Balaban J connectivity index is 1.20. The molecular formula is C27H27ClN2O3S2. The fourth-order valence-electron chi connectivity index (χ4n) is 3.81. The van der Waals surface area contributed by atoms with Crippen molar-refractivity contribution >= 4 is 52.0 Å². The minimum Gasteiger partial charge on any atom is -0.494 e. The largest absolute Gasteiger partial charge is 0.494 e. The lowest BCUT2D eigenvalue weighted by atomic mass is 10.1. The zero-order chi connectivity index (χ0) is 24.5. The maximum absolute atomic E-state index is 6.12. The Labute approximate surface area is 221 Å². The van der Waals surface area contributed by atoms with E-state index in [2.05, 4.69) is 11.4 Å². The van der Waals surface area contributed by atoms with E-state index in [9.17, 15) is 0 Å². The molecule has 0 spiro atoms. The molecule has 0 fully saturated rings. The molecule has 0 unspecified atom stereocenters. The molecule has 3 aromatic rings. The van der Waals surface area contributed by atoms with Crippen LogP contribution in [0.2, 0.25) is 5.02 Å². The number of halogens is 1. The van der Waals surface area contributed by atoms with E-state index in [0.717, 1.165) is 55.0 Å². The van der Waals surface area contributed by atoms with E-state index in [0.29, 0.717) is 29.1 Å². The van der Waals surface area contributed by atoms with Crippen LogP contribution in [0.5, 0.6) is 17.2 Å². The summed E-state index contributed by atoms with van der Waals surface area (Å²) in [7, 11) is 0. The molecule has 5 nitrogen and oxygen atoms in total. The summed E-state index contributed by atoms with van der Waals surface area (Å²) in [4.78, 5) is 2.03. The number of benzene rings is 3. The number of hydrogen-bond acceptors (Lipinski definition) is 5. The summed E-state index contributed by atoms with van der Waals surface area (Å²) in [5.41, 5.74) is 2.21. The Bertz CT molecular complexity index is 1140. The smallest absolute Gasteiger partial charge is 0.268 e. The van der Waals surface area contributed by atoms with Crippen molar-refractivity contribution < 1.29 is 14.2 Å². The van der Waals surface area contributed by atoms with Gasteiger partial charge in [-0.05, 0) is 98.6 Å². The van der Waals surface area contributed by atoms with Gasteiger partial charge in [0.2, 0.25) is 0 Å². The standard InChI is InChI=1S/C27H27ClN2O3S2/c28-20-12-14-21(15-13-20)31-18-5-2-6-19-32-25-11-7-10-24-23(25)16-17-30(24)26(34)29-27(35)33-22-8-3-1-4-9-22/h1,3-4,7-15H,2,5-6,16-19H2,(H,29,34,35). The highest BCUT2D eigenvalue weighted by Gasteiger charge is 2.25. The minimum atomic E-state index is 0.224. The summed E-state index contributed by atoms with van der Waals surface area (Å²) < 4.78 is 17.5. The van der Waals surface area contributed by atoms with Gasteiger partial charge in [0, 0.05) is 17.1 Å². The molecule has 1 N–H and O–H groups in total. The van der Waals surface area contributed by atoms with Gasteiger partial charge in [0.1, 0.15) is 17.2 Å². The fourth-order valence-corrected chi connectivity index (χ4v) is 4.47. The average Bonchev–Trinajstić information content (AvgIpc) is 3.30. The number of thiocarbonyl (C=S) groups is 2. The van der Waals surface area contributed by atoms with E-state index in [1.54, 1.807) is 0 Å². The van der Waals surface area contributed by atoms with Crippen LogP contribution in [-0.4, -0.2) is 30.0 Å². The predicted octanol–water partition coefficient (Wildman–Crippen LogP) is 6.57. The Morgan fingerprint density at radius 1 is 0.829 bits per heavy atom. The molecule has 182 valence electrons.